The van der Waals surface area contributed by atoms with Gasteiger partial charge in [0.1, 0.15) is 16.3 Å². The summed E-state index contributed by atoms with van der Waals surface area (Å²) in [5, 5.41) is 2.84. The highest BCUT2D eigenvalue weighted by molar-refractivity contribution is 7.89. The lowest BCUT2D eigenvalue weighted by Gasteiger charge is -2.29. The van der Waals surface area contributed by atoms with E-state index in [4.69, 9.17) is 4.74 Å². The molecule has 2 heterocycles. The summed E-state index contributed by atoms with van der Waals surface area (Å²) >= 11 is 0. The summed E-state index contributed by atoms with van der Waals surface area (Å²) in [5.74, 6) is 0.742. The van der Waals surface area contributed by atoms with E-state index in [-0.39, 0.29) is 10.8 Å². The van der Waals surface area contributed by atoms with E-state index in [1.807, 2.05) is 24.3 Å². The number of nitrogens with zero attached hydrogens (tertiary/aromatic N) is 2. The number of benzene rings is 1. The Morgan fingerprint density at radius 3 is 2.82 bits per heavy atom. The van der Waals surface area contributed by atoms with Gasteiger partial charge in [-0.3, -0.25) is 4.79 Å². The van der Waals surface area contributed by atoms with Crippen LogP contribution in [0.2, 0.25) is 0 Å². The first kappa shape index (κ1) is 20.4. The largest absolute Gasteiger partial charge is 0.497 e. The molecule has 28 heavy (non-hydrogen) atoms. The summed E-state index contributed by atoms with van der Waals surface area (Å²) in [4.78, 5) is 12.8. The van der Waals surface area contributed by atoms with Crippen molar-refractivity contribution in [3.8, 4) is 5.75 Å². The number of ether oxygens (including phenoxy) is 1. The Morgan fingerprint density at radius 1 is 1.32 bits per heavy atom. The van der Waals surface area contributed by atoms with Crippen molar-refractivity contribution < 1.29 is 17.9 Å². The molecule has 1 saturated heterocycles. The third-order valence-electron chi connectivity index (χ3n) is 5.06. The Labute approximate surface area is 166 Å². The van der Waals surface area contributed by atoms with E-state index in [0.717, 1.165) is 24.2 Å². The predicted molar refractivity (Wildman–Crippen MR) is 107 cm³/mol. The van der Waals surface area contributed by atoms with Crippen LogP contribution in [0.1, 0.15) is 35.8 Å². The fourth-order valence-electron chi connectivity index (χ4n) is 3.47. The molecule has 0 saturated carbocycles. The fourth-order valence-corrected chi connectivity index (χ4v) is 5.14. The number of amides is 1. The summed E-state index contributed by atoms with van der Waals surface area (Å²) in [6.45, 7) is 3.44. The normalized spacial score (nSPS) is 18.0. The van der Waals surface area contributed by atoms with E-state index in [0.29, 0.717) is 31.2 Å². The molecule has 7 nitrogen and oxygen atoms in total. The van der Waals surface area contributed by atoms with Gasteiger partial charge in [0.2, 0.25) is 10.0 Å². The molecule has 2 aromatic rings. The third-order valence-corrected chi connectivity index (χ3v) is 6.89. The SMILES string of the molecule is COc1cccc(CNC(=O)c2cc(S(=O)(=O)N3CCC[C@@H](C)C3)cn2C)c1. The highest BCUT2D eigenvalue weighted by Gasteiger charge is 2.30. The number of aryl methyl sites for hydroxylation is 1. The molecule has 1 aromatic carbocycles. The lowest BCUT2D eigenvalue weighted by Crippen LogP contribution is -2.38. The predicted octanol–water partition coefficient (Wildman–Crippen LogP) is 2.38. The Hall–Kier alpha value is -2.32. The van der Waals surface area contributed by atoms with Gasteiger partial charge in [-0.05, 0) is 42.5 Å². The van der Waals surface area contributed by atoms with Crippen LogP contribution < -0.4 is 10.1 Å². The van der Waals surface area contributed by atoms with Crippen LogP contribution >= 0.6 is 0 Å². The van der Waals surface area contributed by atoms with Gasteiger partial charge in [-0.2, -0.15) is 4.31 Å². The molecule has 3 rings (SSSR count). The van der Waals surface area contributed by atoms with Gasteiger partial charge in [0.05, 0.1) is 7.11 Å². The lowest BCUT2D eigenvalue weighted by molar-refractivity contribution is 0.0942. The standard InChI is InChI=1S/C20H27N3O4S/c1-15-6-5-9-23(13-15)28(25,26)18-11-19(22(2)14-18)20(24)21-12-16-7-4-8-17(10-16)27-3/h4,7-8,10-11,14-15H,5-6,9,12-13H2,1-3H3,(H,21,24)/t15-/m1/s1. The van der Waals surface area contributed by atoms with Crippen LogP contribution in [-0.2, 0) is 23.6 Å². The minimum absolute atomic E-state index is 0.163. The van der Waals surface area contributed by atoms with Gasteiger partial charge in [0.25, 0.3) is 5.91 Å². The maximum Gasteiger partial charge on any atom is 0.268 e. The topological polar surface area (TPSA) is 80.6 Å². The smallest absolute Gasteiger partial charge is 0.268 e. The van der Waals surface area contributed by atoms with Crippen molar-refractivity contribution in [3.63, 3.8) is 0 Å². The van der Waals surface area contributed by atoms with Crippen molar-refractivity contribution in [1.29, 1.82) is 0 Å². The summed E-state index contributed by atoms with van der Waals surface area (Å²) in [7, 11) is -0.321. The van der Waals surface area contributed by atoms with E-state index in [2.05, 4.69) is 12.2 Å². The number of carbonyl (C=O) groups is 1. The molecule has 1 amide bonds. The second kappa shape index (κ2) is 8.36. The van der Waals surface area contributed by atoms with Crippen LogP contribution in [0.25, 0.3) is 0 Å². The van der Waals surface area contributed by atoms with Crippen molar-refractivity contribution in [1.82, 2.24) is 14.2 Å². The Morgan fingerprint density at radius 2 is 2.11 bits per heavy atom. The second-order valence-electron chi connectivity index (χ2n) is 7.32. The molecule has 0 bridgehead atoms. The number of aromatic nitrogens is 1. The first-order chi connectivity index (χ1) is 13.3. The number of methoxy groups -OCH3 is 1. The Balaban J connectivity index is 1.73. The first-order valence-corrected chi connectivity index (χ1v) is 10.8. The molecule has 1 aliphatic rings. The molecule has 0 unspecified atom stereocenters. The van der Waals surface area contributed by atoms with Crippen molar-refractivity contribution in [2.45, 2.75) is 31.2 Å². The summed E-state index contributed by atoms with van der Waals surface area (Å²) in [6.07, 6.45) is 3.41. The van der Waals surface area contributed by atoms with Crippen molar-refractivity contribution >= 4 is 15.9 Å². The monoisotopic (exact) mass is 405 g/mol. The third kappa shape index (κ3) is 4.39. The van der Waals surface area contributed by atoms with Gasteiger partial charge in [0.15, 0.2) is 0 Å². The number of sulfonamides is 1. The molecule has 152 valence electrons. The summed E-state index contributed by atoms with van der Waals surface area (Å²) < 4.78 is 34.1. The summed E-state index contributed by atoms with van der Waals surface area (Å²) in [6, 6.07) is 8.88. The molecule has 1 fully saturated rings. The van der Waals surface area contributed by atoms with E-state index < -0.39 is 10.0 Å². The van der Waals surface area contributed by atoms with Gasteiger partial charge in [-0.15, -0.1) is 0 Å². The molecule has 1 N–H and O–H groups in total. The molecule has 0 spiro atoms. The number of hydrogen-bond acceptors (Lipinski definition) is 4. The van der Waals surface area contributed by atoms with E-state index >= 15 is 0 Å². The number of carbonyl (C=O) groups excluding carboxylic acids is 1. The maximum atomic E-state index is 12.9. The quantitative estimate of drug-likeness (QED) is 0.800. The molecule has 0 radical (unpaired) electrons. The Bertz CT molecular complexity index is 952. The van der Waals surface area contributed by atoms with Crippen molar-refractivity contribution in [2.24, 2.45) is 13.0 Å². The average molecular weight is 406 g/mol. The Kier molecular flexibility index (Phi) is 6.10. The number of rotatable bonds is 6. The van der Waals surface area contributed by atoms with Crippen molar-refractivity contribution in [3.05, 3.63) is 47.8 Å². The van der Waals surface area contributed by atoms with Crippen LogP contribution in [0.15, 0.2) is 41.4 Å². The highest BCUT2D eigenvalue weighted by atomic mass is 32.2. The van der Waals surface area contributed by atoms with E-state index in [9.17, 15) is 13.2 Å². The van der Waals surface area contributed by atoms with Crippen LogP contribution in [0.5, 0.6) is 5.75 Å². The van der Waals surface area contributed by atoms with Gasteiger partial charge < -0.3 is 14.6 Å². The molecular weight excluding hydrogens is 378 g/mol. The zero-order valence-corrected chi connectivity index (χ0v) is 17.3. The van der Waals surface area contributed by atoms with Crippen LogP contribution in [0.4, 0.5) is 0 Å². The van der Waals surface area contributed by atoms with Crippen LogP contribution in [0, 0.1) is 5.92 Å². The number of piperidine rings is 1. The second-order valence-corrected chi connectivity index (χ2v) is 9.25. The maximum absolute atomic E-state index is 12.9. The minimum atomic E-state index is -3.59. The number of nitrogens with one attached hydrogen (secondary N) is 1. The van der Waals surface area contributed by atoms with E-state index in [1.165, 1.54) is 16.6 Å². The average Bonchev–Trinajstić information content (AvgIpc) is 3.09. The molecule has 0 aliphatic carbocycles. The van der Waals surface area contributed by atoms with Gasteiger partial charge in [-0.25, -0.2) is 8.42 Å². The summed E-state index contributed by atoms with van der Waals surface area (Å²) in [5.41, 5.74) is 1.21. The lowest BCUT2D eigenvalue weighted by atomic mass is 10.0. The molecular formula is C20H27N3O4S. The highest BCUT2D eigenvalue weighted by Crippen LogP contribution is 2.24. The van der Waals surface area contributed by atoms with Gasteiger partial charge in [-0.1, -0.05) is 19.1 Å². The van der Waals surface area contributed by atoms with Gasteiger partial charge in [0, 0.05) is 32.9 Å². The molecule has 1 aliphatic heterocycles. The molecule has 1 atom stereocenters. The van der Waals surface area contributed by atoms with Crippen LogP contribution in [-0.4, -0.2) is 43.4 Å². The first-order valence-electron chi connectivity index (χ1n) is 9.39. The van der Waals surface area contributed by atoms with Gasteiger partial charge >= 0.3 is 0 Å². The molecule has 1 aromatic heterocycles. The number of hydrogen-bond donors (Lipinski definition) is 1. The van der Waals surface area contributed by atoms with Crippen LogP contribution in [0.3, 0.4) is 0 Å². The van der Waals surface area contributed by atoms with E-state index in [1.54, 1.807) is 18.7 Å². The minimum Gasteiger partial charge on any atom is -0.497 e. The van der Waals surface area contributed by atoms with Crippen molar-refractivity contribution in [2.75, 3.05) is 20.2 Å². The molecule has 8 heteroatoms. The fraction of sp³-hybridized carbons (Fsp3) is 0.450. The zero-order valence-electron chi connectivity index (χ0n) is 16.5. The zero-order chi connectivity index (χ0) is 20.3.